The van der Waals surface area contributed by atoms with Crippen LogP contribution in [0.1, 0.15) is 0 Å². The van der Waals surface area contributed by atoms with Crippen molar-refractivity contribution >= 4 is 25.4 Å². The first-order chi connectivity index (χ1) is 6.07. The monoisotopic (exact) mass is 218 g/mol. The Bertz CT molecular complexity index is 548. The van der Waals surface area contributed by atoms with Crippen LogP contribution in [0.3, 0.4) is 0 Å². The second-order valence-electron chi connectivity index (χ2n) is 2.23. The Hall–Kier alpha value is -1.21. The highest BCUT2D eigenvalue weighted by Crippen LogP contribution is 2.10. The molecule has 8 heteroatoms. The van der Waals surface area contributed by atoms with Gasteiger partial charge < -0.3 is 0 Å². The van der Waals surface area contributed by atoms with Crippen LogP contribution in [0.2, 0.25) is 0 Å². The normalized spacial score (nSPS) is 12.1. The Labute approximate surface area is 77.6 Å². The smallest absolute Gasteiger partial charge is 0.238 e. The van der Waals surface area contributed by atoms with Crippen LogP contribution in [-0.2, 0) is 9.05 Å². The molecule has 2 aromatic rings. The van der Waals surface area contributed by atoms with E-state index in [0.29, 0.717) is 5.65 Å². The molecular weight excluding hydrogens is 216 g/mol. The molecule has 0 radical (unpaired) electrons. The lowest BCUT2D eigenvalue weighted by Crippen LogP contribution is -1.98. The Morgan fingerprint density at radius 3 is 2.85 bits per heavy atom. The first-order valence-corrected chi connectivity index (χ1v) is 5.48. The van der Waals surface area contributed by atoms with Gasteiger partial charge in [0.15, 0.2) is 10.7 Å². The van der Waals surface area contributed by atoms with Crippen LogP contribution in [0, 0.1) is 0 Å². The minimum absolute atomic E-state index is 0.243. The zero-order valence-corrected chi connectivity index (χ0v) is 7.70. The summed E-state index contributed by atoms with van der Waals surface area (Å²) >= 11 is 0. The zero-order valence-electron chi connectivity index (χ0n) is 6.12. The summed E-state index contributed by atoms with van der Waals surface area (Å²) in [6.07, 6.45) is 3.77. The van der Waals surface area contributed by atoms with Crippen LogP contribution in [0.5, 0.6) is 0 Å². The van der Waals surface area contributed by atoms with E-state index >= 15 is 0 Å². The largest absolute Gasteiger partial charge is 0.280 e. The summed E-state index contributed by atoms with van der Waals surface area (Å²) < 4.78 is 23.0. The molecule has 0 amide bonds. The Morgan fingerprint density at radius 1 is 1.38 bits per heavy atom. The maximum Gasteiger partial charge on any atom is 0.280 e. The Morgan fingerprint density at radius 2 is 2.15 bits per heavy atom. The van der Waals surface area contributed by atoms with Gasteiger partial charge in [0, 0.05) is 10.7 Å². The summed E-state index contributed by atoms with van der Waals surface area (Å²) in [6, 6.07) is 0. The summed E-state index contributed by atoms with van der Waals surface area (Å²) in [4.78, 5) is 7.40. The highest BCUT2D eigenvalue weighted by atomic mass is 35.7. The van der Waals surface area contributed by atoms with Gasteiger partial charge in [-0.05, 0) is 0 Å². The van der Waals surface area contributed by atoms with E-state index in [1.54, 1.807) is 0 Å². The molecule has 0 unspecified atom stereocenters. The van der Waals surface area contributed by atoms with Crippen LogP contribution >= 0.6 is 10.7 Å². The highest BCUT2D eigenvalue weighted by Gasteiger charge is 2.12. The van der Waals surface area contributed by atoms with Gasteiger partial charge in [-0.15, -0.1) is 0 Å². The Kier molecular flexibility index (Phi) is 1.70. The quantitative estimate of drug-likeness (QED) is 0.632. The van der Waals surface area contributed by atoms with Gasteiger partial charge in [0.05, 0.1) is 12.4 Å². The van der Waals surface area contributed by atoms with E-state index in [9.17, 15) is 8.42 Å². The molecule has 0 N–H and O–H groups in total. The fourth-order valence-electron chi connectivity index (χ4n) is 0.836. The summed E-state index contributed by atoms with van der Waals surface area (Å²) in [5, 5.41) is 3.49. The van der Waals surface area contributed by atoms with Gasteiger partial charge in [-0.1, -0.05) is 0 Å². The third kappa shape index (κ3) is 1.47. The lowest BCUT2D eigenvalue weighted by atomic mass is 10.7. The highest BCUT2D eigenvalue weighted by molar-refractivity contribution is 8.13. The summed E-state index contributed by atoms with van der Waals surface area (Å²) in [5.74, 6) is 0. The standard InChI is InChI=1S/C5H3ClN4O2S/c6-13(11,12)5-2-10-4(1-7-5)8-3-9-10/h1-3H. The van der Waals surface area contributed by atoms with Crippen LogP contribution in [0.15, 0.2) is 23.7 Å². The summed E-state index contributed by atoms with van der Waals surface area (Å²) in [6.45, 7) is 0. The predicted octanol–water partition coefficient (Wildman–Crippen LogP) is 0.0518. The van der Waals surface area contributed by atoms with E-state index in [2.05, 4.69) is 15.1 Å². The third-order valence-corrected chi connectivity index (χ3v) is 2.58. The van der Waals surface area contributed by atoms with Gasteiger partial charge in [-0.2, -0.15) is 5.10 Å². The average molecular weight is 219 g/mol. The average Bonchev–Trinajstić information content (AvgIpc) is 2.47. The lowest BCUT2D eigenvalue weighted by Gasteiger charge is -1.94. The molecule has 13 heavy (non-hydrogen) atoms. The number of hydrogen-bond acceptors (Lipinski definition) is 5. The molecule has 0 aliphatic rings. The topological polar surface area (TPSA) is 77.2 Å². The molecule has 2 aromatic heterocycles. The fraction of sp³-hybridized carbons (Fsp3) is 0. The molecule has 0 aromatic carbocycles. The lowest BCUT2D eigenvalue weighted by molar-refractivity contribution is 0.605. The van der Waals surface area contributed by atoms with Crippen molar-refractivity contribution in [2.24, 2.45) is 0 Å². The molecule has 0 saturated heterocycles. The molecule has 0 aliphatic carbocycles. The first kappa shape index (κ1) is 8.39. The van der Waals surface area contributed by atoms with Crippen molar-refractivity contribution in [3.8, 4) is 0 Å². The van der Waals surface area contributed by atoms with Crippen molar-refractivity contribution in [2.75, 3.05) is 0 Å². The molecule has 6 nitrogen and oxygen atoms in total. The Balaban J connectivity index is 2.75. The molecule has 0 atom stereocenters. The number of halogens is 1. The van der Waals surface area contributed by atoms with Crippen LogP contribution < -0.4 is 0 Å². The van der Waals surface area contributed by atoms with Crippen molar-refractivity contribution < 1.29 is 8.42 Å². The van der Waals surface area contributed by atoms with Crippen molar-refractivity contribution in [1.29, 1.82) is 0 Å². The number of rotatable bonds is 1. The van der Waals surface area contributed by atoms with Crippen LogP contribution in [0.25, 0.3) is 5.65 Å². The number of aromatic nitrogens is 4. The van der Waals surface area contributed by atoms with Crippen LogP contribution in [-0.4, -0.2) is 28.0 Å². The summed E-state index contributed by atoms with van der Waals surface area (Å²) in [7, 11) is 1.27. The molecule has 0 fully saturated rings. The third-order valence-electron chi connectivity index (χ3n) is 1.39. The first-order valence-electron chi connectivity index (χ1n) is 3.17. The zero-order chi connectivity index (χ0) is 9.47. The maximum absolute atomic E-state index is 10.8. The molecular formula is C5H3ClN4O2S. The van der Waals surface area contributed by atoms with Gasteiger partial charge in [-0.3, -0.25) is 0 Å². The second kappa shape index (κ2) is 2.64. The van der Waals surface area contributed by atoms with Crippen molar-refractivity contribution in [3.05, 3.63) is 18.7 Å². The molecule has 2 heterocycles. The molecule has 68 valence electrons. The van der Waals surface area contributed by atoms with E-state index in [0.717, 1.165) is 0 Å². The van der Waals surface area contributed by atoms with E-state index in [1.807, 2.05) is 0 Å². The van der Waals surface area contributed by atoms with Gasteiger partial charge in [-0.25, -0.2) is 22.9 Å². The van der Waals surface area contributed by atoms with E-state index in [1.165, 1.54) is 23.2 Å². The predicted molar refractivity (Wildman–Crippen MR) is 43.8 cm³/mol. The maximum atomic E-state index is 10.8. The van der Waals surface area contributed by atoms with Gasteiger partial charge in [0.25, 0.3) is 9.05 Å². The van der Waals surface area contributed by atoms with Gasteiger partial charge >= 0.3 is 0 Å². The van der Waals surface area contributed by atoms with E-state index in [4.69, 9.17) is 10.7 Å². The van der Waals surface area contributed by atoms with Crippen LogP contribution in [0.4, 0.5) is 0 Å². The fourth-order valence-corrected chi connectivity index (χ4v) is 1.48. The van der Waals surface area contributed by atoms with E-state index < -0.39 is 9.05 Å². The molecule has 0 saturated carbocycles. The summed E-state index contributed by atoms with van der Waals surface area (Å²) in [5.41, 5.74) is 0.462. The van der Waals surface area contributed by atoms with Gasteiger partial charge in [0.1, 0.15) is 6.33 Å². The number of nitrogens with zero attached hydrogens (tertiary/aromatic N) is 4. The SMILES string of the molecule is O=S(=O)(Cl)c1cn2ncnc2cn1. The molecule has 2 rings (SSSR count). The number of hydrogen-bond donors (Lipinski definition) is 0. The second-order valence-corrected chi connectivity index (χ2v) is 4.74. The van der Waals surface area contributed by atoms with Crippen molar-refractivity contribution in [3.63, 3.8) is 0 Å². The minimum Gasteiger partial charge on any atom is -0.238 e. The van der Waals surface area contributed by atoms with E-state index in [-0.39, 0.29) is 5.03 Å². The molecule has 0 spiro atoms. The van der Waals surface area contributed by atoms with Crippen molar-refractivity contribution in [2.45, 2.75) is 5.03 Å². The van der Waals surface area contributed by atoms with Crippen molar-refractivity contribution in [1.82, 2.24) is 19.6 Å². The number of fused-ring (bicyclic) bond motifs is 1. The minimum atomic E-state index is -3.80. The molecule has 0 bridgehead atoms. The molecule has 0 aliphatic heterocycles. The van der Waals surface area contributed by atoms with Gasteiger partial charge in [0.2, 0.25) is 0 Å².